The van der Waals surface area contributed by atoms with E-state index in [9.17, 15) is 9.59 Å². The van der Waals surface area contributed by atoms with Crippen LogP contribution in [0, 0.1) is 5.92 Å². The highest BCUT2D eigenvalue weighted by atomic mass is 16.5. The maximum atomic E-state index is 12.2. The lowest BCUT2D eigenvalue weighted by Crippen LogP contribution is -2.39. The summed E-state index contributed by atoms with van der Waals surface area (Å²) in [6, 6.07) is 0.200. The van der Waals surface area contributed by atoms with Gasteiger partial charge in [-0.25, -0.2) is 5.48 Å². The van der Waals surface area contributed by atoms with Crippen molar-refractivity contribution in [2.45, 2.75) is 89.0 Å². The summed E-state index contributed by atoms with van der Waals surface area (Å²) in [7, 11) is 0. The number of amides is 2. The maximum Gasteiger partial charge on any atom is 0.292 e. The standard InChI is InChI=1S/C19H30N4O4/c24-16(22-26)12-14(9-4-8-13-6-2-1-3-7-13)19-21-17(23-27-19)18(25)20-15-10-5-11-15/h13-15,26H,1-12H2,(H,20,25)(H,22,24)/t14-/m1/s1. The number of rotatable bonds is 9. The second kappa shape index (κ2) is 9.82. The van der Waals surface area contributed by atoms with Gasteiger partial charge in [-0.2, -0.15) is 4.98 Å². The van der Waals surface area contributed by atoms with Crippen LogP contribution in [0.1, 0.15) is 99.5 Å². The molecule has 2 amide bonds. The van der Waals surface area contributed by atoms with Crippen LogP contribution in [0.2, 0.25) is 0 Å². The van der Waals surface area contributed by atoms with Crippen LogP contribution < -0.4 is 10.8 Å². The second-order valence-electron chi connectivity index (χ2n) is 7.93. The highest BCUT2D eigenvalue weighted by Crippen LogP contribution is 2.31. The molecule has 27 heavy (non-hydrogen) atoms. The zero-order chi connectivity index (χ0) is 19.1. The monoisotopic (exact) mass is 378 g/mol. The molecule has 8 heteroatoms. The number of hydrogen-bond acceptors (Lipinski definition) is 6. The van der Waals surface area contributed by atoms with Crippen molar-refractivity contribution in [3.8, 4) is 0 Å². The van der Waals surface area contributed by atoms with Crippen molar-refractivity contribution in [3.63, 3.8) is 0 Å². The minimum Gasteiger partial charge on any atom is -0.346 e. The Kier molecular flexibility index (Phi) is 7.20. The van der Waals surface area contributed by atoms with Crippen molar-refractivity contribution >= 4 is 11.8 Å². The van der Waals surface area contributed by atoms with Gasteiger partial charge in [-0.3, -0.25) is 14.8 Å². The van der Waals surface area contributed by atoms with Crippen molar-refractivity contribution in [3.05, 3.63) is 11.7 Å². The molecule has 1 atom stereocenters. The van der Waals surface area contributed by atoms with Gasteiger partial charge in [-0.1, -0.05) is 50.1 Å². The SMILES string of the molecule is O=C(C[C@@H](CCCC1CCCCC1)c1nc(C(=O)NC2CCC2)no1)NO. The van der Waals surface area contributed by atoms with E-state index in [2.05, 4.69) is 15.5 Å². The van der Waals surface area contributed by atoms with E-state index in [0.717, 1.165) is 44.4 Å². The summed E-state index contributed by atoms with van der Waals surface area (Å²) in [6.07, 6.45) is 12.5. The lowest BCUT2D eigenvalue weighted by molar-refractivity contribution is -0.129. The first kappa shape index (κ1) is 19.8. The smallest absolute Gasteiger partial charge is 0.292 e. The van der Waals surface area contributed by atoms with E-state index in [1.54, 1.807) is 5.48 Å². The lowest BCUT2D eigenvalue weighted by atomic mass is 9.84. The van der Waals surface area contributed by atoms with Crippen LogP contribution in [0.15, 0.2) is 4.52 Å². The van der Waals surface area contributed by atoms with E-state index < -0.39 is 5.91 Å². The summed E-state index contributed by atoms with van der Waals surface area (Å²) in [5.41, 5.74) is 1.67. The number of nitrogens with one attached hydrogen (secondary N) is 2. The van der Waals surface area contributed by atoms with E-state index in [-0.39, 0.29) is 30.1 Å². The molecule has 2 aliphatic carbocycles. The van der Waals surface area contributed by atoms with Crippen molar-refractivity contribution in [1.29, 1.82) is 0 Å². The minimum atomic E-state index is -0.490. The lowest BCUT2D eigenvalue weighted by Gasteiger charge is -2.25. The van der Waals surface area contributed by atoms with Crippen LogP contribution in [-0.2, 0) is 4.79 Å². The van der Waals surface area contributed by atoms with Crippen molar-refractivity contribution < 1.29 is 19.3 Å². The zero-order valence-corrected chi connectivity index (χ0v) is 15.8. The Labute approximate surface area is 159 Å². The normalized spacial score (nSPS) is 19.3. The minimum absolute atomic E-state index is 0.0126. The summed E-state index contributed by atoms with van der Waals surface area (Å²) < 4.78 is 5.29. The second-order valence-corrected chi connectivity index (χ2v) is 7.93. The maximum absolute atomic E-state index is 12.2. The average molecular weight is 378 g/mol. The van der Waals surface area contributed by atoms with Crippen LogP contribution in [0.3, 0.4) is 0 Å². The van der Waals surface area contributed by atoms with Crippen LogP contribution in [0.4, 0.5) is 0 Å². The third-order valence-corrected chi connectivity index (χ3v) is 5.88. The molecule has 0 radical (unpaired) electrons. The number of hydroxylamine groups is 1. The van der Waals surface area contributed by atoms with Gasteiger partial charge < -0.3 is 9.84 Å². The van der Waals surface area contributed by atoms with Gasteiger partial charge >= 0.3 is 0 Å². The summed E-state index contributed by atoms with van der Waals surface area (Å²) >= 11 is 0. The molecule has 2 fully saturated rings. The number of carbonyl (C=O) groups excluding carboxylic acids is 2. The topological polar surface area (TPSA) is 117 Å². The molecule has 1 aromatic heterocycles. The van der Waals surface area contributed by atoms with Crippen LogP contribution in [0.5, 0.6) is 0 Å². The summed E-state index contributed by atoms with van der Waals surface area (Å²) in [5.74, 6) is -0.0470. The fourth-order valence-corrected chi connectivity index (χ4v) is 4.01. The molecule has 0 bridgehead atoms. The molecule has 2 aliphatic rings. The summed E-state index contributed by atoms with van der Waals surface area (Å²) in [6.45, 7) is 0. The first-order valence-electron chi connectivity index (χ1n) is 10.2. The summed E-state index contributed by atoms with van der Waals surface area (Å²) in [5, 5.41) is 15.5. The Morgan fingerprint density at radius 3 is 2.59 bits per heavy atom. The number of nitrogens with zero attached hydrogens (tertiary/aromatic N) is 2. The van der Waals surface area contributed by atoms with Gasteiger partial charge in [0.2, 0.25) is 11.8 Å². The number of carbonyl (C=O) groups is 2. The number of hydrogen-bond donors (Lipinski definition) is 3. The van der Waals surface area contributed by atoms with E-state index >= 15 is 0 Å². The Hall–Kier alpha value is -1.96. The third kappa shape index (κ3) is 5.76. The van der Waals surface area contributed by atoms with E-state index in [1.165, 1.54) is 32.1 Å². The first-order valence-corrected chi connectivity index (χ1v) is 10.2. The molecule has 3 rings (SSSR count). The van der Waals surface area contributed by atoms with Gasteiger partial charge in [-0.05, 0) is 31.6 Å². The molecule has 1 heterocycles. The van der Waals surface area contributed by atoms with Crippen LogP contribution in [0.25, 0.3) is 0 Å². The van der Waals surface area contributed by atoms with Crippen molar-refractivity contribution in [2.75, 3.05) is 0 Å². The van der Waals surface area contributed by atoms with Gasteiger partial charge in [0.05, 0.1) is 0 Å². The van der Waals surface area contributed by atoms with Gasteiger partial charge in [0, 0.05) is 18.4 Å². The van der Waals surface area contributed by atoms with E-state index in [1.807, 2.05) is 0 Å². The predicted octanol–water partition coefficient (Wildman–Crippen LogP) is 3.08. The van der Waals surface area contributed by atoms with E-state index in [0.29, 0.717) is 5.89 Å². The highest BCUT2D eigenvalue weighted by molar-refractivity contribution is 5.90. The Bertz CT molecular complexity index is 623. The molecule has 0 aliphatic heterocycles. The zero-order valence-electron chi connectivity index (χ0n) is 15.8. The molecule has 8 nitrogen and oxygen atoms in total. The third-order valence-electron chi connectivity index (χ3n) is 5.88. The highest BCUT2D eigenvalue weighted by Gasteiger charge is 2.27. The Balaban J connectivity index is 1.56. The molecule has 0 saturated heterocycles. The van der Waals surface area contributed by atoms with Crippen molar-refractivity contribution in [1.82, 2.24) is 20.9 Å². The fraction of sp³-hybridized carbons (Fsp3) is 0.789. The molecule has 1 aromatic rings. The largest absolute Gasteiger partial charge is 0.346 e. The van der Waals surface area contributed by atoms with Crippen LogP contribution in [-0.4, -0.2) is 33.2 Å². The van der Waals surface area contributed by atoms with Crippen LogP contribution >= 0.6 is 0 Å². The average Bonchev–Trinajstić information content (AvgIpc) is 3.14. The number of aromatic nitrogens is 2. The molecule has 0 unspecified atom stereocenters. The Morgan fingerprint density at radius 1 is 1.15 bits per heavy atom. The van der Waals surface area contributed by atoms with Gasteiger partial charge in [0.1, 0.15) is 0 Å². The Morgan fingerprint density at radius 2 is 1.93 bits per heavy atom. The van der Waals surface area contributed by atoms with E-state index in [4.69, 9.17) is 9.73 Å². The van der Waals surface area contributed by atoms with Gasteiger partial charge in [-0.15, -0.1) is 0 Å². The van der Waals surface area contributed by atoms with Gasteiger partial charge in [0.15, 0.2) is 0 Å². The first-order chi connectivity index (χ1) is 13.2. The molecule has 0 spiro atoms. The fourth-order valence-electron chi connectivity index (χ4n) is 4.01. The van der Waals surface area contributed by atoms with Crippen molar-refractivity contribution in [2.24, 2.45) is 5.92 Å². The molecule has 0 aromatic carbocycles. The quantitative estimate of drug-likeness (QED) is 0.449. The molecule has 150 valence electrons. The molecule has 2 saturated carbocycles. The molecular formula is C19H30N4O4. The summed E-state index contributed by atoms with van der Waals surface area (Å²) in [4.78, 5) is 28.1. The predicted molar refractivity (Wildman–Crippen MR) is 97.1 cm³/mol. The van der Waals surface area contributed by atoms with Gasteiger partial charge in [0.25, 0.3) is 11.7 Å². The molecular weight excluding hydrogens is 348 g/mol. The molecule has 3 N–H and O–H groups in total.